The second-order valence-corrected chi connectivity index (χ2v) is 29.8. The van der Waals surface area contributed by atoms with E-state index in [1.807, 2.05) is 45.3 Å². The quantitative estimate of drug-likeness (QED) is 0.0335. The Hall–Kier alpha value is -2.58. The molecule has 0 nitrogen and oxygen atoms in total. The van der Waals surface area contributed by atoms with Crippen LogP contribution in [-0.4, -0.2) is 0 Å². The van der Waals surface area contributed by atoms with Gasteiger partial charge in [-0.1, -0.05) is 237 Å². The lowest BCUT2D eigenvalue weighted by Gasteiger charge is -2.04. The molecule has 0 radical (unpaired) electrons. The molecule has 7 rings (SSSR count). The zero-order chi connectivity index (χ0) is 54.6. The molecule has 0 amide bonds. The van der Waals surface area contributed by atoms with E-state index in [-0.39, 0.29) is 0 Å². The van der Waals surface area contributed by atoms with E-state index in [1.54, 1.807) is 27.1 Å². The van der Waals surface area contributed by atoms with Gasteiger partial charge in [0.05, 0.1) is 0 Å². The van der Waals surface area contributed by atoms with Gasteiger partial charge in [0.2, 0.25) is 0 Å². The fraction of sp³-hybridized carbons (Fsp3) is 0.583. The predicted molar refractivity (Wildman–Crippen MR) is 361 cm³/mol. The monoisotopic (exact) mass is 1160 g/mol. The Balaban J connectivity index is 1.13. The van der Waals surface area contributed by atoms with Crippen LogP contribution in [0.5, 0.6) is 0 Å². The summed E-state index contributed by atoms with van der Waals surface area (Å²) < 4.78 is 0. The number of hydrogen-bond acceptors (Lipinski definition) is 6. The Labute approximate surface area is 501 Å². The lowest BCUT2D eigenvalue weighted by Crippen LogP contribution is -1.87. The number of aryl methyl sites for hydroxylation is 6. The maximum Gasteiger partial charge on any atom is 0.0481 e. The fourth-order valence-electron chi connectivity index (χ4n) is 11.5. The summed E-state index contributed by atoms with van der Waals surface area (Å²) in [6, 6.07) is 29.5. The number of thiophene rings is 6. The van der Waals surface area contributed by atoms with Crippen molar-refractivity contribution in [1.82, 2.24) is 0 Å². The van der Waals surface area contributed by atoms with E-state index in [0.29, 0.717) is 0 Å². The molecule has 0 bridgehead atoms. The van der Waals surface area contributed by atoms with Crippen molar-refractivity contribution in [3.8, 4) is 59.2 Å². The summed E-state index contributed by atoms with van der Waals surface area (Å²) in [5.41, 5.74) is 9.02. The first-order valence-electron chi connectivity index (χ1n) is 32.1. The lowest BCUT2D eigenvalue weighted by molar-refractivity contribution is 0.575. The smallest absolute Gasteiger partial charge is 0.0481 e. The molecule has 426 valence electrons. The summed E-state index contributed by atoms with van der Waals surface area (Å²) in [5, 5.41) is 0. The Kier molecular flexibility index (Phi) is 29.2. The van der Waals surface area contributed by atoms with Crippen molar-refractivity contribution < 1.29 is 0 Å². The summed E-state index contributed by atoms with van der Waals surface area (Å²) in [6.45, 7) is 13.8. The molecule has 0 N–H and O–H groups in total. The van der Waals surface area contributed by atoms with Gasteiger partial charge < -0.3 is 0 Å². The molecule has 0 aliphatic heterocycles. The minimum atomic E-state index is 1.17. The van der Waals surface area contributed by atoms with Gasteiger partial charge in [-0.05, 0) is 142 Å². The predicted octanol–water partition coefficient (Wildman–Crippen LogP) is 27.4. The van der Waals surface area contributed by atoms with Gasteiger partial charge in [-0.3, -0.25) is 0 Å². The molecule has 78 heavy (non-hydrogen) atoms. The standard InChI is InChI=1S/C72H102S6/c1-7-11-15-19-23-27-31-35-39-58-51-56(6)73-71(58)67-53-60(41-37-33-29-25-21-17-13-9-3)69(77-67)64-49-47-62(74-64)63-48-50-65(75-63)70-61(42-38-34-30-26-22-18-14-10-4)54-68(78-70)72-59(40-36-32-28-24-20-16-12-8-2)52-66(76-72)57-45-43-55(5)44-46-57/h43-54H,7-42H2,1-6H3. The fourth-order valence-corrected chi connectivity index (χ4v) is 18.9. The van der Waals surface area contributed by atoms with Crippen molar-refractivity contribution in [2.45, 2.75) is 273 Å². The van der Waals surface area contributed by atoms with Crippen molar-refractivity contribution in [2.75, 3.05) is 0 Å². The van der Waals surface area contributed by atoms with Crippen LogP contribution in [0, 0.1) is 13.8 Å². The third-order valence-electron chi connectivity index (χ3n) is 16.2. The summed E-state index contributed by atoms with van der Waals surface area (Å²) >= 11 is 12.4. The maximum absolute atomic E-state index is 2.64. The van der Waals surface area contributed by atoms with Crippen LogP contribution in [0.1, 0.15) is 266 Å². The van der Waals surface area contributed by atoms with Crippen molar-refractivity contribution in [3.05, 3.63) is 105 Å². The third-order valence-corrected chi connectivity index (χ3v) is 24.0. The van der Waals surface area contributed by atoms with Crippen LogP contribution in [0.2, 0.25) is 0 Å². The Morgan fingerprint density at radius 1 is 0.244 bits per heavy atom. The Morgan fingerprint density at radius 3 is 0.897 bits per heavy atom. The second kappa shape index (κ2) is 36.1. The van der Waals surface area contributed by atoms with Gasteiger partial charge in [-0.2, -0.15) is 0 Å². The number of unbranched alkanes of at least 4 members (excludes halogenated alkanes) is 28. The summed E-state index contributed by atoms with van der Waals surface area (Å²) in [7, 11) is 0. The van der Waals surface area contributed by atoms with E-state index < -0.39 is 0 Å². The van der Waals surface area contributed by atoms with Crippen LogP contribution in [0.3, 0.4) is 0 Å². The van der Waals surface area contributed by atoms with Crippen LogP contribution in [0.25, 0.3) is 59.2 Å². The third kappa shape index (κ3) is 20.4. The molecule has 0 saturated heterocycles. The molecule has 6 heteroatoms. The van der Waals surface area contributed by atoms with E-state index in [2.05, 4.69) is 137 Å². The number of rotatable bonds is 42. The van der Waals surface area contributed by atoms with Crippen LogP contribution in [-0.2, 0) is 25.7 Å². The molecule has 7 aromatic rings. The maximum atomic E-state index is 2.64. The van der Waals surface area contributed by atoms with Gasteiger partial charge in [-0.25, -0.2) is 0 Å². The Bertz CT molecular complexity index is 2680. The van der Waals surface area contributed by atoms with Crippen LogP contribution >= 0.6 is 68.0 Å². The zero-order valence-electron chi connectivity index (χ0n) is 49.8. The van der Waals surface area contributed by atoms with E-state index in [4.69, 9.17) is 0 Å². The van der Waals surface area contributed by atoms with Crippen molar-refractivity contribution in [2.24, 2.45) is 0 Å². The molecule has 0 aliphatic rings. The van der Waals surface area contributed by atoms with E-state index in [9.17, 15) is 0 Å². The second-order valence-electron chi connectivity index (χ2n) is 23.2. The lowest BCUT2D eigenvalue weighted by atomic mass is 10.0. The largest absolute Gasteiger partial charge is 0.139 e. The average Bonchev–Trinajstić information content (AvgIpc) is 4.37. The Morgan fingerprint density at radius 2 is 0.526 bits per heavy atom. The minimum Gasteiger partial charge on any atom is -0.139 e. The van der Waals surface area contributed by atoms with E-state index in [1.165, 1.54) is 296 Å². The summed E-state index contributed by atoms with van der Waals surface area (Å²) in [5.74, 6) is 0. The number of hydrogen-bond donors (Lipinski definition) is 0. The zero-order valence-corrected chi connectivity index (χ0v) is 54.7. The molecule has 0 saturated carbocycles. The highest BCUT2D eigenvalue weighted by Crippen LogP contribution is 2.50. The topological polar surface area (TPSA) is 0 Å². The first-order valence-corrected chi connectivity index (χ1v) is 37.0. The van der Waals surface area contributed by atoms with Crippen molar-refractivity contribution >= 4 is 68.0 Å². The minimum absolute atomic E-state index is 1.17. The van der Waals surface area contributed by atoms with Gasteiger partial charge >= 0.3 is 0 Å². The van der Waals surface area contributed by atoms with Crippen LogP contribution in [0.4, 0.5) is 0 Å². The summed E-state index contributed by atoms with van der Waals surface area (Å²) in [4.78, 5) is 17.8. The van der Waals surface area contributed by atoms with E-state index >= 15 is 0 Å². The highest BCUT2D eigenvalue weighted by Gasteiger charge is 2.22. The highest BCUT2D eigenvalue weighted by atomic mass is 32.1. The molecular formula is C72H102S6. The molecule has 0 atom stereocenters. The van der Waals surface area contributed by atoms with E-state index in [0.717, 1.165) is 0 Å². The highest BCUT2D eigenvalue weighted by molar-refractivity contribution is 7.30. The van der Waals surface area contributed by atoms with Crippen molar-refractivity contribution in [3.63, 3.8) is 0 Å². The molecule has 0 spiro atoms. The molecular weight excluding hydrogens is 1060 g/mol. The van der Waals surface area contributed by atoms with Crippen LogP contribution in [0.15, 0.2) is 72.8 Å². The van der Waals surface area contributed by atoms with Crippen LogP contribution < -0.4 is 0 Å². The molecule has 1 aromatic carbocycles. The summed E-state index contributed by atoms with van der Waals surface area (Å²) in [6.07, 6.45) is 48.5. The molecule has 0 fully saturated rings. The molecule has 6 heterocycles. The SMILES string of the molecule is CCCCCCCCCCc1cc(C)sc1-c1cc(CCCCCCCCCC)c(-c2ccc(-c3ccc(-c4sc(-c5sc(-c6ccc(C)cc6)cc5CCCCCCCCCC)cc4CCCCCCCCCC)s3)s2)s1. The molecule has 0 aliphatic carbocycles. The average molecular weight is 1160 g/mol. The van der Waals surface area contributed by atoms with Gasteiger partial charge in [0.25, 0.3) is 0 Å². The molecule has 6 aromatic heterocycles. The number of benzene rings is 1. The van der Waals surface area contributed by atoms with Gasteiger partial charge in [0, 0.05) is 58.5 Å². The molecule has 0 unspecified atom stereocenters. The van der Waals surface area contributed by atoms with Gasteiger partial charge in [0.1, 0.15) is 0 Å². The van der Waals surface area contributed by atoms with Crippen molar-refractivity contribution in [1.29, 1.82) is 0 Å². The van der Waals surface area contributed by atoms with Gasteiger partial charge in [-0.15, -0.1) is 68.0 Å². The first kappa shape index (κ1) is 63.0. The normalized spacial score (nSPS) is 11.8. The first-order chi connectivity index (χ1) is 38.4. The van der Waals surface area contributed by atoms with Gasteiger partial charge in [0.15, 0.2) is 0 Å².